The summed E-state index contributed by atoms with van der Waals surface area (Å²) in [7, 11) is 0. The van der Waals surface area contributed by atoms with Gasteiger partial charge in [-0.15, -0.1) is 0 Å². The normalized spacial score (nSPS) is 14.0. The van der Waals surface area contributed by atoms with Crippen molar-refractivity contribution in [2.75, 3.05) is 0 Å². The number of hydrogen-bond acceptors (Lipinski definition) is 1. The molecular formula is C19H28N2. The van der Waals surface area contributed by atoms with E-state index in [0.29, 0.717) is 12.0 Å². The van der Waals surface area contributed by atoms with Crippen LogP contribution in [0.4, 0.5) is 0 Å². The third kappa shape index (κ3) is 3.96. The zero-order valence-electron chi connectivity index (χ0n) is 13.6. The SMILES string of the molecule is CCCCC[C@H](C)c1ccccc1C(CC)n1ccnc1. The highest BCUT2D eigenvalue weighted by Crippen LogP contribution is 2.32. The van der Waals surface area contributed by atoms with E-state index in [4.69, 9.17) is 0 Å². The summed E-state index contributed by atoms with van der Waals surface area (Å²) < 4.78 is 2.23. The summed E-state index contributed by atoms with van der Waals surface area (Å²) in [6.45, 7) is 6.89. The lowest BCUT2D eigenvalue weighted by Crippen LogP contribution is -2.11. The lowest BCUT2D eigenvalue weighted by atomic mass is 9.87. The Labute approximate surface area is 129 Å². The van der Waals surface area contributed by atoms with E-state index in [9.17, 15) is 0 Å². The Kier molecular flexibility index (Phi) is 6.04. The summed E-state index contributed by atoms with van der Waals surface area (Å²) >= 11 is 0. The monoisotopic (exact) mass is 284 g/mol. The maximum Gasteiger partial charge on any atom is 0.0951 e. The summed E-state index contributed by atoms with van der Waals surface area (Å²) in [5, 5.41) is 0. The standard InChI is InChI=1S/C19H28N2/c1-4-6-7-10-16(3)17-11-8-9-12-18(17)19(5-2)21-14-13-20-15-21/h8-9,11-16,19H,4-7,10H2,1-3H3/t16-,19?/m0/s1. The van der Waals surface area contributed by atoms with Crippen LogP contribution >= 0.6 is 0 Å². The molecule has 114 valence electrons. The van der Waals surface area contributed by atoms with Gasteiger partial charge in [-0.05, 0) is 29.9 Å². The van der Waals surface area contributed by atoms with E-state index >= 15 is 0 Å². The van der Waals surface area contributed by atoms with Gasteiger partial charge in [0, 0.05) is 12.4 Å². The van der Waals surface area contributed by atoms with Gasteiger partial charge >= 0.3 is 0 Å². The van der Waals surface area contributed by atoms with Crippen molar-refractivity contribution < 1.29 is 0 Å². The third-order valence-corrected chi connectivity index (χ3v) is 4.40. The predicted molar refractivity (Wildman–Crippen MR) is 89.7 cm³/mol. The molecule has 0 saturated carbocycles. The average molecular weight is 284 g/mol. The molecule has 0 fully saturated rings. The van der Waals surface area contributed by atoms with Crippen LogP contribution in [-0.4, -0.2) is 9.55 Å². The lowest BCUT2D eigenvalue weighted by Gasteiger charge is -2.23. The number of nitrogens with zero attached hydrogens (tertiary/aromatic N) is 2. The molecule has 2 rings (SSSR count). The van der Waals surface area contributed by atoms with Crippen molar-refractivity contribution in [1.82, 2.24) is 9.55 Å². The van der Waals surface area contributed by atoms with Crippen LogP contribution in [0.5, 0.6) is 0 Å². The number of benzene rings is 1. The van der Waals surface area contributed by atoms with Crippen LogP contribution in [0.2, 0.25) is 0 Å². The van der Waals surface area contributed by atoms with Gasteiger partial charge in [-0.2, -0.15) is 0 Å². The van der Waals surface area contributed by atoms with Crippen LogP contribution in [0.15, 0.2) is 43.0 Å². The summed E-state index contributed by atoms with van der Waals surface area (Å²) in [6.07, 6.45) is 12.2. The van der Waals surface area contributed by atoms with Crippen molar-refractivity contribution in [3.63, 3.8) is 0 Å². The molecule has 0 N–H and O–H groups in total. The first-order valence-corrected chi connectivity index (χ1v) is 8.34. The van der Waals surface area contributed by atoms with E-state index in [1.54, 1.807) is 0 Å². The van der Waals surface area contributed by atoms with Crippen LogP contribution in [0, 0.1) is 0 Å². The van der Waals surface area contributed by atoms with E-state index in [-0.39, 0.29) is 0 Å². The minimum atomic E-state index is 0.400. The molecule has 1 unspecified atom stereocenters. The first kappa shape index (κ1) is 15.8. The summed E-state index contributed by atoms with van der Waals surface area (Å²) in [5.74, 6) is 0.630. The molecule has 1 aromatic heterocycles. The molecule has 0 aliphatic heterocycles. The molecule has 2 heteroatoms. The van der Waals surface area contributed by atoms with E-state index in [1.807, 2.05) is 12.5 Å². The van der Waals surface area contributed by atoms with Gasteiger partial charge in [0.25, 0.3) is 0 Å². The van der Waals surface area contributed by atoms with Crippen molar-refractivity contribution in [3.05, 3.63) is 54.1 Å². The number of aromatic nitrogens is 2. The van der Waals surface area contributed by atoms with Gasteiger partial charge in [0.2, 0.25) is 0 Å². The maximum atomic E-state index is 4.21. The van der Waals surface area contributed by atoms with Gasteiger partial charge in [0.05, 0.1) is 12.4 Å². The topological polar surface area (TPSA) is 17.8 Å². The number of unbranched alkanes of at least 4 members (excludes halogenated alkanes) is 2. The van der Waals surface area contributed by atoms with Crippen molar-refractivity contribution in [2.24, 2.45) is 0 Å². The van der Waals surface area contributed by atoms with Crippen molar-refractivity contribution in [3.8, 4) is 0 Å². The van der Waals surface area contributed by atoms with Crippen LogP contribution < -0.4 is 0 Å². The van der Waals surface area contributed by atoms with Gasteiger partial charge < -0.3 is 4.57 Å². The minimum Gasteiger partial charge on any atom is -0.330 e. The lowest BCUT2D eigenvalue weighted by molar-refractivity contribution is 0.542. The molecule has 1 heterocycles. The highest BCUT2D eigenvalue weighted by Gasteiger charge is 2.17. The largest absolute Gasteiger partial charge is 0.330 e. The van der Waals surface area contributed by atoms with Crippen molar-refractivity contribution >= 4 is 0 Å². The van der Waals surface area contributed by atoms with Gasteiger partial charge in [-0.3, -0.25) is 0 Å². The van der Waals surface area contributed by atoms with E-state index in [0.717, 1.165) is 6.42 Å². The molecule has 0 aliphatic carbocycles. The Morgan fingerprint density at radius 2 is 1.86 bits per heavy atom. The third-order valence-electron chi connectivity index (χ3n) is 4.40. The molecule has 0 aliphatic rings. The predicted octanol–water partition coefficient (Wildman–Crippen LogP) is 5.57. The second kappa shape index (κ2) is 8.02. The molecule has 1 aromatic carbocycles. The zero-order chi connectivity index (χ0) is 15.1. The first-order chi connectivity index (χ1) is 10.3. The Bertz CT molecular complexity index is 516. The van der Waals surface area contributed by atoms with Crippen LogP contribution in [0.1, 0.15) is 76.0 Å². The Hall–Kier alpha value is -1.57. The van der Waals surface area contributed by atoms with Crippen LogP contribution in [0.25, 0.3) is 0 Å². The van der Waals surface area contributed by atoms with Crippen LogP contribution in [-0.2, 0) is 0 Å². The summed E-state index contributed by atoms with van der Waals surface area (Å²) in [6, 6.07) is 9.34. The molecule has 0 bridgehead atoms. The highest BCUT2D eigenvalue weighted by molar-refractivity contribution is 5.33. The molecule has 0 saturated heterocycles. The molecule has 0 radical (unpaired) electrons. The Morgan fingerprint density at radius 1 is 1.10 bits per heavy atom. The minimum absolute atomic E-state index is 0.400. The highest BCUT2D eigenvalue weighted by atomic mass is 15.0. The summed E-state index contributed by atoms with van der Waals surface area (Å²) in [4.78, 5) is 4.21. The molecule has 21 heavy (non-hydrogen) atoms. The molecular weight excluding hydrogens is 256 g/mol. The van der Waals surface area contributed by atoms with E-state index in [2.05, 4.69) is 60.8 Å². The van der Waals surface area contributed by atoms with E-state index in [1.165, 1.54) is 36.8 Å². The summed E-state index contributed by atoms with van der Waals surface area (Å²) in [5.41, 5.74) is 2.97. The fourth-order valence-electron chi connectivity index (χ4n) is 3.16. The first-order valence-electron chi connectivity index (χ1n) is 8.34. The van der Waals surface area contributed by atoms with Crippen molar-refractivity contribution in [2.45, 2.75) is 64.8 Å². The fraction of sp³-hybridized carbons (Fsp3) is 0.526. The smallest absolute Gasteiger partial charge is 0.0951 e. The second-order valence-electron chi connectivity index (χ2n) is 5.96. The van der Waals surface area contributed by atoms with Gasteiger partial charge in [0.15, 0.2) is 0 Å². The van der Waals surface area contributed by atoms with Gasteiger partial charge in [-0.25, -0.2) is 4.98 Å². The molecule has 2 aromatic rings. The fourth-order valence-corrected chi connectivity index (χ4v) is 3.16. The average Bonchev–Trinajstić information content (AvgIpc) is 3.03. The zero-order valence-corrected chi connectivity index (χ0v) is 13.6. The Morgan fingerprint density at radius 3 is 2.48 bits per heavy atom. The van der Waals surface area contributed by atoms with Crippen molar-refractivity contribution in [1.29, 1.82) is 0 Å². The number of hydrogen-bond donors (Lipinski definition) is 0. The molecule has 0 spiro atoms. The second-order valence-corrected chi connectivity index (χ2v) is 5.96. The maximum absolute atomic E-state index is 4.21. The molecule has 2 nitrogen and oxygen atoms in total. The van der Waals surface area contributed by atoms with Gasteiger partial charge in [0.1, 0.15) is 0 Å². The quantitative estimate of drug-likeness (QED) is 0.580. The Balaban J connectivity index is 2.23. The molecule has 0 amide bonds. The molecule has 2 atom stereocenters. The number of rotatable bonds is 8. The van der Waals surface area contributed by atoms with E-state index < -0.39 is 0 Å². The van der Waals surface area contributed by atoms with Crippen LogP contribution in [0.3, 0.4) is 0 Å². The number of imidazole rings is 1. The van der Waals surface area contributed by atoms with Gasteiger partial charge in [-0.1, -0.05) is 64.3 Å².